The number of piperidine rings is 1. The molecule has 0 aromatic rings. The van der Waals surface area contributed by atoms with Crippen molar-refractivity contribution in [3.63, 3.8) is 0 Å². The van der Waals surface area contributed by atoms with Crippen LogP contribution in [0.4, 0.5) is 0 Å². The molecular weight excluding hydrogens is 228 g/mol. The predicted molar refractivity (Wildman–Crippen MR) is 71.2 cm³/mol. The average Bonchev–Trinajstić information content (AvgIpc) is 2.39. The van der Waals surface area contributed by atoms with Crippen LogP contribution < -0.4 is 0 Å². The fourth-order valence-electron chi connectivity index (χ4n) is 3.01. The Hall–Kier alpha value is -1.03. The van der Waals surface area contributed by atoms with Crippen LogP contribution in [0.3, 0.4) is 0 Å². The zero-order valence-electron chi connectivity index (χ0n) is 11.7. The summed E-state index contributed by atoms with van der Waals surface area (Å²) in [7, 11) is 3.53. The van der Waals surface area contributed by atoms with E-state index < -0.39 is 0 Å². The second-order valence-corrected chi connectivity index (χ2v) is 5.44. The number of rotatable bonds is 2. The van der Waals surface area contributed by atoms with Crippen LogP contribution >= 0.6 is 0 Å². The standard InChI is InChI=1S/C14H24N2O2/c1-11-6-4-5-8-16(11)13-7-9-15(2)10-12(13)14(17)18-3/h11H,4-10H2,1-3H3. The van der Waals surface area contributed by atoms with Gasteiger partial charge >= 0.3 is 5.97 Å². The third-order valence-corrected chi connectivity index (χ3v) is 4.09. The molecule has 0 radical (unpaired) electrons. The van der Waals surface area contributed by atoms with Crippen LogP contribution in [-0.4, -0.2) is 55.6 Å². The number of methoxy groups -OCH3 is 1. The Labute approximate surface area is 110 Å². The van der Waals surface area contributed by atoms with Crippen molar-refractivity contribution >= 4 is 5.97 Å². The van der Waals surface area contributed by atoms with Crippen molar-refractivity contribution in [1.82, 2.24) is 9.80 Å². The predicted octanol–water partition coefficient (Wildman–Crippen LogP) is 1.62. The molecule has 1 fully saturated rings. The highest BCUT2D eigenvalue weighted by Crippen LogP contribution is 2.28. The summed E-state index contributed by atoms with van der Waals surface area (Å²) in [5.74, 6) is -0.158. The molecule has 2 heterocycles. The second-order valence-electron chi connectivity index (χ2n) is 5.44. The molecule has 18 heavy (non-hydrogen) atoms. The third-order valence-electron chi connectivity index (χ3n) is 4.09. The summed E-state index contributed by atoms with van der Waals surface area (Å²) in [5.41, 5.74) is 2.09. The molecule has 0 aromatic carbocycles. The van der Waals surface area contributed by atoms with E-state index >= 15 is 0 Å². The van der Waals surface area contributed by atoms with E-state index in [4.69, 9.17) is 4.74 Å². The van der Waals surface area contributed by atoms with E-state index in [9.17, 15) is 4.79 Å². The van der Waals surface area contributed by atoms with Crippen LogP contribution in [0, 0.1) is 0 Å². The van der Waals surface area contributed by atoms with E-state index in [-0.39, 0.29) is 5.97 Å². The van der Waals surface area contributed by atoms with E-state index in [1.54, 1.807) is 0 Å². The first-order valence-electron chi connectivity index (χ1n) is 6.89. The number of hydrogen-bond acceptors (Lipinski definition) is 4. The van der Waals surface area contributed by atoms with Gasteiger partial charge in [-0.2, -0.15) is 0 Å². The van der Waals surface area contributed by atoms with Gasteiger partial charge in [0.15, 0.2) is 0 Å². The van der Waals surface area contributed by atoms with Gasteiger partial charge in [0.2, 0.25) is 0 Å². The topological polar surface area (TPSA) is 32.8 Å². The lowest BCUT2D eigenvalue weighted by Crippen LogP contribution is -2.42. The van der Waals surface area contributed by atoms with Crippen LogP contribution in [0.15, 0.2) is 11.3 Å². The van der Waals surface area contributed by atoms with Gasteiger partial charge in [0, 0.05) is 37.8 Å². The molecule has 2 rings (SSSR count). The number of hydrogen-bond donors (Lipinski definition) is 0. The summed E-state index contributed by atoms with van der Waals surface area (Å²) in [4.78, 5) is 16.6. The fraction of sp³-hybridized carbons (Fsp3) is 0.786. The zero-order valence-corrected chi connectivity index (χ0v) is 11.7. The second kappa shape index (κ2) is 5.74. The van der Waals surface area contributed by atoms with Crippen molar-refractivity contribution in [2.45, 2.75) is 38.6 Å². The first kappa shape index (κ1) is 13.4. The molecule has 4 nitrogen and oxygen atoms in total. The first-order valence-corrected chi connectivity index (χ1v) is 6.89. The minimum Gasteiger partial charge on any atom is -0.466 e. The minimum absolute atomic E-state index is 0.158. The Morgan fingerprint density at radius 1 is 1.33 bits per heavy atom. The van der Waals surface area contributed by atoms with Crippen molar-refractivity contribution in [3.05, 3.63) is 11.3 Å². The molecule has 0 aromatic heterocycles. The maximum absolute atomic E-state index is 11.9. The number of likely N-dealkylation sites (tertiary alicyclic amines) is 1. The van der Waals surface area contributed by atoms with Gasteiger partial charge in [-0.25, -0.2) is 4.79 Å². The molecule has 1 atom stereocenters. The van der Waals surface area contributed by atoms with Gasteiger partial charge in [0.05, 0.1) is 12.7 Å². The highest BCUT2D eigenvalue weighted by Gasteiger charge is 2.29. The molecule has 0 aliphatic carbocycles. The average molecular weight is 252 g/mol. The van der Waals surface area contributed by atoms with Crippen LogP contribution in [-0.2, 0) is 9.53 Å². The quantitative estimate of drug-likeness (QED) is 0.699. The van der Waals surface area contributed by atoms with Gasteiger partial charge in [-0.15, -0.1) is 0 Å². The van der Waals surface area contributed by atoms with Gasteiger partial charge in [0.1, 0.15) is 0 Å². The Morgan fingerprint density at radius 2 is 2.11 bits per heavy atom. The van der Waals surface area contributed by atoms with E-state index in [1.165, 1.54) is 32.1 Å². The molecule has 4 heteroatoms. The number of esters is 1. The van der Waals surface area contributed by atoms with Crippen molar-refractivity contribution in [1.29, 1.82) is 0 Å². The molecule has 0 saturated carbocycles. The molecule has 1 saturated heterocycles. The monoisotopic (exact) mass is 252 g/mol. The first-order chi connectivity index (χ1) is 8.63. The summed E-state index contributed by atoms with van der Waals surface area (Å²) in [6.07, 6.45) is 4.73. The Morgan fingerprint density at radius 3 is 2.78 bits per heavy atom. The highest BCUT2D eigenvalue weighted by atomic mass is 16.5. The summed E-state index contributed by atoms with van der Waals surface area (Å²) >= 11 is 0. The van der Waals surface area contributed by atoms with Gasteiger partial charge in [-0.3, -0.25) is 0 Å². The van der Waals surface area contributed by atoms with Gasteiger partial charge in [0.25, 0.3) is 0 Å². The molecule has 102 valence electrons. The number of likely N-dealkylation sites (N-methyl/N-ethyl adjacent to an activating group) is 1. The number of carbonyl (C=O) groups excluding carboxylic acids is 1. The van der Waals surface area contributed by atoms with Gasteiger partial charge in [-0.1, -0.05) is 0 Å². The minimum atomic E-state index is -0.158. The normalized spacial score (nSPS) is 26.4. The maximum Gasteiger partial charge on any atom is 0.336 e. The van der Waals surface area contributed by atoms with E-state index in [2.05, 4.69) is 23.8 Å². The number of carbonyl (C=O) groups is 1. The zero-order chi connectivity index (χ0) is 13.1. The molecule has 0 N–H and O–H groups in total. The van der Waals surface area contributed by atoms with Crippen LogP contribution in [0.2, 0.25) is 0 Å². The van der Waals surface area contributed by atoms with E-state index in [1.807, 2.05) is 0 Å². The van der Waals surface area contributed by atoms with Crippen molar-refractivity contribution in [2.24, 2.45) is 0 Å². The van der Waals surface area contributed by atoms with Crippen molar-refractivity contribution in [2.75, 3.05) is 33.8 Å². The Bertz CT molecular complexity index is 352. The lowest BCUT2D eigenvalue weighted by atomic mass is 9.98. The van der Waals surface area contributed by atoms with Gasteiger partial charge in [-0.05, 0) is 33.2 Å². The lowest BCUT2D eigenvalue weighted by molar-refractivity contribution is -0.136. The molecule has 2 aliphatic heterocycles. The van der Waals surface area contributed by atoms with Crippen LogP contribution in [0.25, 0.3) is 0 Å². The maximum atomic E-state index is 11.9. The molecule has 2 aliphatic rings. The molecule has 0 amide bonds. The summed E-state index contributed by atoms with van der Waals surface area (Å²) in [6, 6.07) is 0.553. The smallest absolute Gasteiger partial charge is 0.336 e. The van der Waals surface area contributed by atoms with E-state index in [0.29, 0.717) is 12.6 Å². The third kappa shape index (κ3) is 2.69. The molecule has 1 unspecified atom stereocenters. The number of nitrogens with zero attached hydrogens (tertiary/aromatic N) is 2. The Kier molecular flexibility index (Phi) is 4.27. The summed E-state index contributed by atoms with van der Waals surface area (Å²) in [5, 5.41) is 0. The van der Waals surface area contributed by atoms with Crippen LogP contribution in [0.5, 0.6) is 0 Å². The number of ether oxygens (including phenoxy) is 1. The molecule has 0 bridgehead atoms. The fourth-order valence-corrected chi connectivity index (χ4v) is 3.01. The highest BCUT2D eigenvalue weighted by molar-refractivity contribution is 5.89. The lowest BCUT2D eigenvalue weighted by Gasteiger charge is -2.40. The SMILES string of the molecule is COC(=O)C1=C(N2CCCCC2C)CCN(C)C1. The molecular formula is C14H24N2O2. The largest absolute Gasteiger partial charge is 0.466 e. The van der Waals surface area contributed by atoms with Gasteiger partial charge < -0.3 is 14.5 Å². The molecule has 0 spiro atoms. The summed E-state index contributed by atoms with van der Waals surface area (Å²) in [6.45, 7) is 5.09. The van der Waals surface area contributed by atoms with Crippen molar-refractivity contribution in [3.8, 4) is 0 Å². The summed E-state index contributed by atoms with van der Waals surface area (Å²) < 4.78 is 4.94. The van der Waals surface area contributed by atoms with Crippen molar-refractivity contribution < 1.29 is 9.53 Å². The van der Waals surface area contributed by atoms with Crippen LogP contribution in [0.1, 0.15) is 32.6 Å². The Balaban J connectivity index is 2.26. The van der Waals surface area contributed by atoms with E-state index in [0.717, 1.165) is 25.1 Å².